The van der Waals surface area contributed by atoms with Crippen LogP contribution in [-0.4, -0.2) is 37.2 Å². The zero-order chi connectivity index (χ0) is 18.1. The minimum absolute atomic E-state index is 0.0288. The molecule has 1 aliphatic carbocycles. The third-order valence-electron chi connectivity index (χ3n) is 4.22. The molecule has 0 spiro atoms. The van der Waals surface area contributed by atoms with Crippen LogP contribution in [0.25, 0.3) is 0 Å². The van der Waals surface area contributed by atoms with Gasteiger partial charge in [-0.05, 0) is 37.2 Å². The Labute approximate surface area is 153 Å². The van der Waals surface area contributed by atoms with E-state index in [9.17, 15) is 9.59 Å². The Morgan fingerprint density at radius 3 is 2.64 bits per heavy atom. The van der Waals surface area contributed by atoms with E-state index in [1.165, 1.54) is 6.42 Å². The number of anilines is 1. The maximum atomic E-state index is 12.3. The van der Waals surface area contributed by atoms with Crippen LogP contribution in [0, 0.1) is 5.92 Å². The lowest BCUT2D eigenvalue weighted by molar-refractivity contribution is -0.124. The van der Waals surface area contributed by atoms with Crippen LogP contribution in [0.2, 0.25) is 0 Å². The molecule has 1 aromatic rings. The van der Waals surface area contributed by atoms with Gasteiger partial charge in [0.05, 0.1) is 17.9 Å². The van der Waals surface area contributed by atoms with E-state index in [4.69, 9.17) is 17.0 Å². The minimum Gasteiger partial charge on any atom is -0.383 e. The van der Waals surface area contributed by atoms with Gasteiger partial charge < -0.3 is 20.7 Å². The second-order valence-electron chi connectivity index (χ2n) is 6.07. The standard InChI is InChI=1S/C18H25N3O3S/c1-24-12-11-19-17(23)14-9-5-6-10-15(14)20-18(25)21-16(22)13-7-3-2-4-8-13/h5-6,9-10,13H,2-4,7-8,11-12H2,1H3,(H,19,23)(H2,20,21,22,25). The van der Waals surface area contributed by atoms with E-state index in [1.54, 1.807) is 31.4 Å². The molecule has 0 heterocycles. The van der Waals surface area contributed by atoms with E-state index in [2.05, 4.69) is 16.0 Å². The highest BCUT2D eigenvalue weighted by Gasteiger charge is 2.22. The molecule has 1 aromatic carbocycles. The van der Waals surface area contributed by atoms with Crippen molar-refractivity contribution in [2.24, 2.45) is 5.92 Å². The first-order chi connectivity index (χ1) is 12.1. The summed E-state index contributed by atoms with van der Waals surface area (Å²) in [6.45, 7) is 0.865. The summed E-state index contributed by atoms with van der Waals surface area (Å²) in [7, 11) is 1.58. The van der Waals surface area contributed by atoms with Gasteiger partial charge in [-0.15, -0.1) is 0 Å². The summed E-state index contributed by atoms with van der Waals surface area (Å²) >= 11 is 5.24. The van der Waals surface area contributed by atoms with Gasteiger partial charge in [-0.1, -0.05) is 31.4 Å². The first-order valence-corrected chi connectivity index (χ1v) is 9.00. The van der Waals surface area contributed by atoms with Gasteiger partial charge >= 0.3 is 0 Å². The summed E-state index contributed by atoms with van der Waals surface area (Å²) in [5.41, 5.74) is 1.03. The number of nitrogens with one attached hydrogen (secondary N) is 3. The fraction of sp³-hybridized carbons (Fsp3) is 0.500. The Bertz CT molecular complexity index is 615. The van der Waals surface area contributed by atoms with Gasteiger partial charge in [-0.2, -0.15) is 0 Å². The van der Waals surface area contributed by atoms with Crippen LogP contribution >= 0.6 is 12.2 Å². The maximum absolute atomic E-state index is 12.3. The first-order valence-electron chi connectivity index (χ1n) is 8.60. The van der Waals surface area contributed by atoms with Crippen molar-refractivity contribution in [3.05, 3.63) is 29.8 Å². The van der Waals surface area contributed by atoms with Gasteiger partial charge in [0.2, 0.25) is 5.91 Å². The van der Waals surface area contributed by atoms with Gasteiger partial charge in [0, 0.05) is 19.6 Å². The van der Waals surface area contributed by atoms with E-state index in [0.29, 0.717) is 24.4 Å². The second kappa shape index (κ2) is 10.1. The van der Waals surface area contributed by atoms with Gasteiger partial charge in [0.15, 0.2) is 5.11 Å². The van der Waals surface area contributed by atoms with E-state index in [1.807, 2.05) is 0 Å². The monoisotopic (exact) mass is 363 g/mol. The van der Waals surface area contributed by atoms with E-state index in [0.717, 1.165) is 25.7 Å². The zero-order valence-corrected chi connectivity index (χ0v) is 15.3. The molecule has 3 N–H and O–H groups in total. The summed E-state index contributed by atoms with van der Waals surface area (Å²) in [5, 5.41) is 8.69. The Balaban J connectivity index is 1.93. The Kier molecular flexibility index (Phi) is 7.81. The molecule has 0 unspecified atom stereocenters. The summed E-state index contributed by atoms with van der Waals surface area (Å²) in [5.74, 6) is -0.234. The van der Waals surface area contributed by atoms with Crippen LogP contribution in [0.5, 0.6) is 0 Å². The zero-order valence-electron chi connectivity index (χ0n) is 14.5. The third-order valence-corrected chi connectivity index (χ3v) is 4.43. The molecule has 0 saturated heterocycles. The number of para-hydroxylation sites is 1. The van der Waals surface area contributed by atoms with Crippen molar-refractivity contribution in [2.75, 3.05) is 25.6 Å². The lowest BCUT2D eigenvalue weighted by Crippen LogP contribution is -2.39. The quantitative estimate of drug-likeness (QED) is 0.534. The van der Waals surface area contributed by atoms with Gasteiger partial charge in [-0.25, -0.2) is 0 Å². The Morgan fingerprint density at radius 2 is 1.92 bits per heavy atom. The summed E-state index contributed by atoms with van der Waals surface area (Å²) in [4.78, 5) is 24.5. The first kappa shape index (κ1) is 19.3. The summed E-state index contributed by atoms with van der Waals surface area (Å²) in [6, 6.07) is 7.04. The Morgan fingerprint density at radius 1 is 1.20 bits per heavy atom. The number of carbonyl (C=O) groups excluding carboxylic acids is 2. The van der Waals surface area contributed by atoms with Crippen molar-refractivity contribution < 1.29 is 14.3 Å². The third kappa shape index (κ3) is 6.10. The molecular weight excluding hydrogens is 338 g/mol. The molecule has 0 atom stereocenters. The van der Waals surface area contributed by atoms with Crippen molar-refractivity contribution in [3.63, 3.8) is 0 Å². The molecular formula is C18H25N3O3S. The van der Waals surface area contributed by atoms with Crippen molar-refractivity contribution >= 4 is 34.8 Å². The topological polar surface area (TPSA) is 79.5 Å². The fourth-order valence-corrected chi connectivity index (χ4v) is 3.09. The number of benzene rings is 1. The molecule has 0 aliphatic heterocycles. The molecule has 0 aromatic heterocycles. The molecule has 2 amide bonds. The summed E-state index contributed by atoms with van der Waals surface area (Å²) in [6.07, 6.45) is 5.18. The molecule has 0 bridgehead atoms. The normalized spacial score (nSPS) is 14.6. The number of rotatable bonds is 6. The number of hydrogen-bond acceptors (Lipinski definition) is 4. The number of methoxy groups -OCH3 is 1. The van der Waals surface area contributed by atoms with Gasteiger partial charge in [0.25, 0.3) is 5.91 Å². The molecule has 1 aliphatic rings. The van der Waals surface area contributed by atoms with Gasteiger partial charge in [-0.3, -0.25) is 9.59 Å². The largest absolute Gasteiger partial charge is 0.383 e. The number of hydrogen-bond donors (Lipinski definition) is 3. The minimum atomic E-state index is -0.221. The van der Waals surface area contributed by atoms with Crippen molar-refractivity contribution in [1.82, 2.24) is 10.6 Å². The van der Waals surface area contributed by atoms with Crippen molar-refractivity contribution in [2.45, 2.75) is 32.1 Å². The smallest absolute Gasteiger partial charge is 0.253 e. The molecule has 1 fully saturated rings. The van der Waals surface area contributed by atoms with E-state index >= 15 is 0 Å². The molecule has 25 heavy (non-hydrogen) atoms. The lowest BCUT2D eigenvalue weighted by Gasteiger charge is -2.21. The van der Waals surface area contributed by atoms with Gasteiger partial charge in [0.1, 0.15) is 0 Å². The van der Waals surface area contributed by atoms with Crippen LogP contribution in [0.4, 0.5) is 5.69 Å². The molecule has 136 valence electrons. The predicted molar refractivity (Wildman–Crippen MR) is 102 cm³/mol. The molecule has 2 rings (SSSR count). The average molecular weight is 363 g/mol. The predicted octanol–water partition coefficient (Wildman–Crippen LogP) is 2.46. The number of amides is 2. The average Bonchev–Trinajstić information content (AvgIpc) is 2.63. The van der Waals surface area contributed by atoms with Crippen LogP contribution in [0.15, 0.2) is 24.3 Å². The lowest BCUT2D eigenvalue weighted by atomic mass is 9.89. The number of carbonyl (C=O) groups is 2. The molecule has 1 saturated carbocycles. The van der Waals surface area contributed by atoms with Crippen LogP contribution in [0.1, 0.15) is 42.5 Å². The van der Waals surface area contributed by atoms with Crippen molar-refractivity contribution in [1.29, 1.82) is 0 Å². The highest BCUT2D eigenvalue weighted by atomic mass is 32.1. The number of ether oxygens (including phenoxy) is 1. The highest BCUT2D eigenvalue weighted by Crippen LogP contribution is 2.23. The van der Waals surface area contributed by atoms with Crippen LogP contribution in [-0.2, 0) is 9.53 Å². The van der Waals surface area contributed by atoms with Crippen LogP contribution in [0.3, 0.4) is 0 Å². The van der Waals surface area contributed by atoms with Crippen LogP contribution < -0.4 is 16.0 Å². The van der Waals surface area contributed by atoms with Crippen molar-refractivity contribution in [3.8, 4) is 0 Å². The number of thiocarbonyl (C=S) groups is 1. The molecule has 0 radical (unpaired) electrons. The highest BCUT2D eigenvalue weighted by molar-refractivity contribution is 7.80. The maximum Gasteiger partial charge on any atom is 0.253 e. The van der Waals surface area contributed by atoms with E-state index < -0.39 is 0 Å². The SMILES string of the molecule is COCCNC(=O)c1ccccc1NC(=S)NC(=O)C1CCCCC1. The molecule has 6 nitrogen and oxygen atoms in total. The Hall–Kier alpha value is -1.99. The fourth-order valence-electron chi connectivity index (χ4n) is 2.88. The second-order valence-corrected chi connectivity index (χ2v) is 6.48. The van der Waals surface area contributed by atoms with E-state index in [-0.39, 0.29) is 22.8 Å². The summed E-state index contributed by atoms with van der Waals surface area (Å²) < 4.78 is 4.93. The molecule has 7 heteroatoms.